The molecule has 0 aromatic carbocycles. The standard InChI is InChI=1S/C11H24N2.C3H10O3Si/c1-2-11(12)10-7-5-3-4-6-8-13-9-10;1-4-7(5-2)6-3/h10-11,13H,2-9,12H2,1H3;7H,1-3H3. The Kier molecular flexibility index (Phi) is 14.0. The van der Waals surface area contributed by atoms with Gasteiger partial charge in [0.2, 0.25) is 0 Å². The summed E-state index contributed by atoms with van der Waals surface area (Å²) in [6.45, 7) is 4.51. The number of hydrogen-bond acceptors (Lipinski definition) is 5. The van der Waals surface area contributed by atoms with E-state index in [2.05, 4.69) is 12.2 Å². The van der Waals surface area contributed by atoms with E-state index in [1.807, 2.05) is 0 Å². The van der Waals surface area contributed by atoms with E-state index in [4.69, 9.17) is 19.0 Å². The fourth-order valence-electron chi connectivity index (χ4n) is 2.39. The predicted molar refractivity (Wildman–Crippen MR) is 85.9 cm³/mol. The minimum atomic E-state index is -1.67. The van der Waals surface area contributed by atoms with Crippen molar-refractivity contribution in [1.82, 2.24) is 5.32 Å². The van der Waals surface area contributed by atoms with Crippen molar-refractivity contribution < 1.29 is 13.3 Å². The SMILES string of the molecule is CCC(N)C1CCCCCCNC1.CO[SiH](OC)OC. The van der Waals surface area contributed by atoms with Gasteiger partial charge in [-0.05, 0) is 38.3 Å². The van der Waals surface area contributed by atoms with Crippen LogP contribution >= 0.6 is 0 Å². The first kappa shape index (κ1) is 20.0. The molecule has 0 saturated carbocycles. The largest absolute Gasteiger partial charge is 0.483 e. The molecule has 0 bridgehead atoms. The summed E-state index contributed by atoms with van der Waals surface area (Å²) in [6, 6.07) is 0.408. The minimum absolute atomic E-state index is 0.408. The molecule has 2 unspecified atom stereocenters. The number of hydrogen-bond donors (Lipinski definition) is 2. The van der Waals surface area contributed by atoms with Crippen LogP contribution < -0.4 is 11.1 Å². The molecule has 0 aromatic rings. The minimum Gasteiger partial charge on any atom is -0.379 e. The smallest absolute Gasteiger partial charge is 0.379 e. The van der Waals surface area contributed by atoms with Crippen LogP contribution in [0, 0.1) is 5.92 Å². The van der Waals surface area contributed by atoms with E-state index in [9.17, 15) is 0 Å². The lowest BCUT2D eigenvalue weighted by atomic mass is 9.92. The lowest BCUT2D eigenvalue weighted by molar-refractivity contribution is 0.163. The van der Waals surface area contributed by atoms with E-state index in [1.54, 1.807) is 21.3 Å². The maximum Gasteiger partial charge on any atom is 0.483 e. The molecule has 1 rings (SSSR count). The molecular formula is C14H34N2O3Si. The van der Waals surface area contributed by atoms with Gasteiger partial charge in [0, 0.05) is 27.4 Å². The number of nitrogens with one attached hydrogen (secondary N) is 1. The Hall–Kier alpha value is 0.0169. The van der Waals surface area contributed by atoms with Crippen LogP contribution in [0.4, 0.5) is 0 Å². The summed E-state index contributed by atoms with van der Waals surface area (Å²) in [7, 11) is 3.05. The topological polar surface area (TPSA) is 65.7 Å². The normalized spacial score (nSPS) is 22.2. The van der Waals surface area contributed by atoms with Crippen molar-refractivity contribution in [1.29, 1.82) is 0 Å². The van der Waals surface area contributed by atoms with Gasteiger partial charge >= 0.3 is 9.53 Å². The molecule has 0 amide bonds. The van der Waals surface area contributed by atoms with Crippen molar-refractivity contribution in [3.63, 3.8) is 0 Å². The van der Waals surface area contributed by atoms with E-state index >= 15 is 0 Å². The molecule has 0 aromatic heterocycles. The van der Waals surface area contributed by atoms with Crippen LogP contribution in [0.2, 0.25) is 0 Å². The summed E-state index contributed by atoms with van der Waals surface area (Å²) >= 11 is 0. The fourth-order valence-corrected chi connectivity index (χ4v) is 2.96. The molecule has 2 atom stereocenters. The second kappa shape index (κ2) is 14.0. The highest BCUT2D eigenvalue weighted by atomic mass is 28.3. The average molecular weight is 307 g/mol. The van der Waals surface area contributed by atoms with Crippen molar-refractivity contribution in [2.45, 2.75) is 51.5 Å². The molecule has 5 nitrogen and oxygen atoms in total. The van der Waals surface area contributed by atoms with Gasteiger partial charge in [0.1, 0.15) is 0 Å². The highest BCUT2D eigenvalue weighted by molar-refractivity contribution is 6.36. The van der Waals surface area contributed by atoms with E-state index in [-0.39, 0.29) is 0 Å². The van der Waals surface area contributed by atoms with Gasteiger partial charge in [-0.2, -0.15) is 0 Å². The van der Waals surface area contributed by atoms with E-state index in [1.165, 1.54) is 38.6 Å². The molecule has 1 aliphatic rings. The molecule has 0 spiro atoms. The van der Waals surface area contributed by atoms with Gasteiger partial charge in [-0.25, -0.2) is 0 Å². The van der Waals surface area contributed by atoms with Crippen LogP contribution in [0.15, 0.2) is 0 Å². The zero-order chi connectivity index (χ0) is 15.2. The molecule has 1 aliphatic heterocycles. The molecule has 20 heavy (non-hydrogen) atoms. The van der Waals surface area contributed by atoms with E-state index in [0.717, 1.165) is 13.0 Å². The van der Waals surface area contributed by atoms with Gasteiger partial charge < -0.3 is 24.3 Å². The lowest BCUT2D eigenvalue weighted by Crippen LogP contribution is -2.36. The monoisotopic (exact) mass is 306 g/mol. The van der Waals surface area contributed by atoms with Crippen LogP contribution in [-0.4, -0.2) is 50.0 Å². The summed E-state index contributed by atoms with van der Waals surface area (Å²) in [4.78, 5) is 0. The Morgan fingerprint density at radius 3 is 2.20 bits per heavy atom. The van der Waals surface area contributed by atoms with Crippen molar-refractivity contribution in [3.8, 4) is 0 Å². The second-order valence-electron chi connectivity index (χ2n) is 5.23. The Balaban J connectivity index is 0.000000441. The highest BCUT2D eigenvalue weighted by Gasteiger charge is 2.16. The molecule has 3 N–H and O–H groups in total. The Bertz CT molecular complexity index is 191. The Morgan fingerprint density at radius 1 is 1.10 bits per heavy atom. The van der Waals surface area contributed by atoms with Crippen LogP contribution in [0.25, 0.3) is 0 Å². The van der Waals surface area contributed by atoms with Gasteiger partial charge in [0.15, 0.2) is 0 Å². The van der Waals surface area contributed by atoms with E-state index < -0.39 is 9.53 Å². The summed E-state index contributed by atoms with van der Waals surface area (Å²) in [5, 5.41) is 3.51. The third kappa shape index (κ3) is 9.85. The van der Waals surface area contributed by atoms with Gasteiger partial charge in [0.05, 0.1) is 0 Å². The van der Waals surface area contributed by atoms with Crippen molar-refractivity contribution in [3.05, 3.63) is 0 Å². The number of rotatable bonds is 5. The maximum absolute atomic E-state index is 6.08. The first-order valence-corrected chi connectivity index (χ1v) is 9.15. The zero-order valence-electron chi connectivity index (χ0n) is 13.7. The van der Waals surface area contributed by atoms with Gasteiger partial charge in [-0.1, -0.05) is 26.2 Å². The number of nitrogens with two attached hydrogens (primary N) is 1. The molecule has 122 valence electrons. The third-order valence-electron chi connectivity index (χ3n) is 3.74. The van der Waals surface area contributed by atoms with E-state index in [0.29, 0.717) is 12.0 Å². The molecule has 1 heterocycles. The van der Waals surface area contributed by atoms with Gasteiger partial charge in [-0.3, -0.25) is 0 Å². The van der Waals surface area contributed by atoms with Crippen molar-refractivity contribution in [2.24, 2.45) is 11.7 Å². The zero-order valence-corrected chi connectivity index (χ0v) is 14.8. The first-order valence-electron chi connectivity index (χ1n) is 7.74. The van der Waals surface area contributed by atoms with Gasteiger partial charge in [-0.15, -0.1) is 0 Å². The molecular weight excluding hydrogens is 272 g/mol. The summed E-state index contributed by atoms with van der Waals surface area (Å²) in [5.41, 5.74) is 6.08. The lowest BCUT2D eigenvalue weighted by Gasteiger charge is -2.22. The maximum atomic E-state index is 6.08. The van der Waals surface area contributed by atoms with Crippen LogP contribution in [-0.2, 0) is 13.3 Å². The Labute approximate surface area is 126 Å². The molecule has 1 fully saturated rings. The highest BCUT2D eigenvalue weighted by Crippen LogP contribution is 2.16. The molecule has 0 radical (unpaired) electrons. The van der Waals surface area contributed by atoms with Crippen molar-refractivity contribution >= 4 is 9.53 Å². The summed E-state index contributed by atoms with van der Waals surface area (Å²) < 4.78 is 14.2. The summed E-state index contributed by atoms with van der Waals surface area (Å²) in [6.07, 6.45) is 7.94. The van der Waals surface area contributed by atoms with Crippen LogP contribution in [0.5, 0.6) is 0 Å². The predicted octanol–water partition coefficient (Wildman–Crippen LogP) is 1.54. The van der Waals surface area contributed by atoms with Crippen LogP contribution in [0.3, 0.4) is 0 Å². The molecule has 0 aliphatic carbocycles. The quantitative estimate of drug-likeness (QED) is 0.754. The summed E-state index contributed by atoms with van der Waals surface area (Å²) in [5.74, 6) is 0.711. The second-order valence-corrected chi connectivity index (χ2v) is 7.23. The average Bonchev–Trinajstić information content (AvgIpc) is 2.62. The molecule has 6 heteroatoms. The third-order valence-corrected chi connectivity index (χ3v) is 4.89. The van der Waals surface area contributed by atoms with Crippen molar-refractivity contribution in [2.75, 3.05) is 34.4 Å². The van der Waals surface area contributed by atoms with Crippen LogP contribution in [0.1, 0.15) is 45.4 Å². The first-order chi connectivity index (χ1) is 9.69. The molecule has 1 saturated heterocycles. The van der Waals surface area contributed by atoms with Gasteiger partial charge in [0.25, 0.3) is 0 Å². The Morgan fingerprint density at radius 2 is 1.70 bits per heavy atom. The fraction of sp³-hybridized carbons (Fsp3) is 1.00.